The highest BCUT2D eigenvalue weighted by molar-refractivity contribution is 5.97. The van der Waals surface area contributed by atoms with Crippen molar-refractivity contribution >= 4 is 17.5 Å². The number of halogens is 1. The number of nitrogens with one attached hydrogen (secondary N) is 1. The van der Waals surface area contributed by atoms with Crippen molar-refractivity contribution in [3.05, 3.63) is 59.9 Å². The molecule has 4 rings (SSSR count). The zero-order valence-electron chi connectivity index (χ0n) is 19.1. The molecule has 0 aliphatic carbocycles. The molecule has 1 N–H and O–H groups in total. The summed E-state index contributed by atoms with van der Waals surface area (Å²) in [4.78, 5) is 30.4. The van der Waals surface area contributed by atoms with E-state index in [1.807, 2.05) is 12.1 Å². The summed E-state index contributed by atoms with van der Waals surface area (Å²) in [6.45, 7) is 3.88. The lowest BCUT2D eigenvalue weighted by Gasteiger charge is -2.41. The molecular formula is C26H32FN3O3. The lowest BCUT2D eigenvalue weighted by atomic mass is 9.83. The summed E-state index contributed by atoms with van der Waals surface area (Å²) in [7, 11) is 1.59. The van der Waals surface area contributed by atoms with Crippen LogP contribution in [-0.4, -0.2) is 50.0 Å². The van der Waals surface area contributed by atoms with Crippen LogP contribution < -0.4 is 15.0 Å². The van der Waals surface area contributed by atoms with Crippen LogP contribution in [0, 0.1) is 11.7 Å². The molecule has 6 nitrogen and oxygen atoms in total. The first-order valence-electron chi connectivity index (χ1n) is 11.8. The van der Waals surface area contributed by atoms with E-state index in [1.54, 1.807) is 36.3 Å². The molecule has 0 unspecified atom stereocenters. The van der Waals surface area contributed by atoms with Crippen LogP contribution in [-0.2, 0) is 9.59 Å². The summed E-state index contributed by atoms with van der Waals surface area (Å²) in [5.74, 6) is -0.181. The van der Waals surface area contributed by atoms with Gasteiger partial charge in [0, 0.05) is 18.7 Å². The van der Waals surface area contributed by atoms with Crippen LogP contribution >= 0.6 is 0 Å². The zero-order valence-corrected chi connectivity index (χ0v) is 19.1. The molecule has 2 amide bonds. The fourth-order valence-corrected chi connectivity index (χ4v) is 4.91. The molecule has 0 bridgehead atoms. The van der Waals surface area contributed by atoms with Crippen LogP contribution in [0.2, 0.25) is 0 Å². The SMILES string of the molecule is COc1ccc(N2C(=O)CC[C@@H](C(=O)NCCCN3CCCC3)[C@@H]2c2ccc(F)cc2)cc1. The van der Waals surface area contributed by atoms with Crippen molar-refractivity contribution in [3.63, 3.8) is 0 Å². The van der Waals surface area contributed by atoms with Gasteiger partial charge in [0.05, 0.1) is 19.1 Å². The summed E-state index contributed by atoms with van der Waals surface area (Å²) in [6.07, 6.45) is 4.16. The second kappa shape index (κ2) is 10.8. The highest BCUT2D eigenvalue weighted by Gasteiger charge is 2.41. The number of methoxy groups -OCH3 is 1. The molecule has 2 aromatic rings. The van der Waals surface area contributed by atoms with E-state index in [9.17, 15) is 14.0 Å². The van der Waals surface area contributed by atoms with Crippen LogP contribution in [0.4, 0.5) is 10.1 Å². The molecule has 2 heterocycles. The van der Waals surface area contributed by atoms with Gasteiger partial charge < -0.3 is 19.9 Å². The van der Waals surface area contributed by atoms with Crippen molar-refractivity contribution in [2.75, 3.05) is 38.2 Å². The number of hydrogen-bond acceptors (Lipinski definition) is 4. The third-order valence-corrected chi connectivity index (χ3v) is 6.65. The number of nitrogens with zero attached hydrogens (tertiary/aromatic N) is 2. The number of likely N-dealkylation sites (tertiary alicyclic amines) is 1. The summed E-state index contributed by atoms with van der Waals surface area (Å²) < 4.78 is 18.9. The largest absolute Gasteiger partial charge is 0.497 e. The Morgan fingerprint density at radius 2 is 1.79 bits per heavy atom. The van der Waals surface area contributed by atoms with Crippen molar-refractivity contribution in [1.29, 1.82) is 0 Å². The summed E-state index contributed by atoms with van der Waals surface area (Å²) >= 11 is 0. The molecule has 2 aliphatic heterocycles. The summed E-state index contributed by atoms with van der Waals surface area (Å²) in [5, 5.41) is 3.09. The minimum Gasteiger partial charge on any atom is -0.497 e. The molecule has 33 heavy (non-hydrogen) atoms. The summed E-state index contributed by atoms with van der Waals surface area (Å²) in [5.41, 5.74) is 1.44. The average Bonchev–Trinajstić information content (AvgIpc) is 3.36. The molecule has 176 valence electrons. The third kappa shape index (κ3) is 5.53. The fraction of sp³-hybridized carbons (Fsp3) is 0.462. The van der Waals surface area contributed by atoms with Gasteiger partial charge in [-0.2, -0.15) is 0 Å². The average molecular weight is 454 g/mol. The Balaban J connectivity index is 1.54. The maximum Gasteiger partial charge on any atom is 0.227 e. The Hall–Kier alpha value is -2.93. The highest BCUT2D eigenvalue weighted by Crippen LogP contribution is 2.40. The van der Waals surface area contributed by atoms with Crippen LogP contribution in [0.5, 0.6) is 5.75 Å². The first kappa shape index (κ1) is 23.2. The van der Waals surface area contributed by atoms with Gasteiger partial charge >= 0.3 is 0 Å². The molecule has 2 aliphatic rings. The second-order valence-corrected chi connectivity index (χ2v) is 8.80. The number of carbonyl (C=O) groups excluding carboxylic acids is 2. The highest BCUT2D eigenvalue weighted by atomic mass is 19.1. The van der Waals surface area contributed by atoms with Gasteiger partial charge in [0.25, 0.3) is 0 Å². The standard InChI is InChI=1S/C26H32FN3O3/c1-33-22-11-9-21(10-12-22)30-24(31)14-13-23(25(30)19-5-7-20(27)8-6-19)26(32)28-15-4-18-29-16-2-3-17-29/h5-12,23,25H,2-4,13-18H2,1H3,(H,28,32)/t23-,25+/m1/s1. The number of rotatable bonds is 8. The minimum atomic E-state index is -0.501. The van der Waals surface area contributed by atoms with Gasteiger partial charge in [-0.15, -0.1) is 0 Å². The van der Waals surface area contributed by atoms with Crippen molar-refractivity contribution in [1.82, 2.24) is 10.2 Å². The van der Waals surface area contributed by atoms with Gasteiger partial charge in [-0.05, 0) is 87.3 Å². The minimum absolute atomic E-state index is 0.0485. The van der Waals surface area contributed by atoms with Crippen molar-refractivity contribution in [2.24, 2.45) is 5.92 Å². The number of carbonyl (C=O) groups is 2. The Labute approximate surface area is 194 Å². The molecule has 7 heteroatoms. The molecule has 2 atom stereocenters. The van der Waals surface area contributed by atoms with Gasteiger partial charge in [-0.1, -0.05) is 12.1 Å². The van der Waals surface area contributed by atoms with Gasteiger partial charge in [-0.25, -0.2) is 4.39 Å². The number of hydrogen-bond donors (Lipinski definition) is 1. The normalized spacial score (nSPS) is 21.3. The number of ether oxygens (including phenoxy) is 1. The molecule has 0 saturated carbocycles. The fourth-order valence-electron chi connectivity index (χ4n) is 4.91. The lowest BCUT2D eigenvalue weighted by molar-refractivity contribution is -0.129. The smallest absolute Gasteiger partial charge is 0.227 e. The first-order chi connectivity index (χ1) is 16.1. The van der Waals surface area contributed by atoms with Crippen LogP contribution in [0.1, 0.15) is 43.7 Å². The number of benzene rings is 2. The van der Waals surface area contributed by atoms with Crippen LogP contribution in [0.3, 0.4) is 0 Å². The van der Waals surface area contributed by atoms with E-state index in [1.165, 1.54) is 25.0 Å². The Morgan fingerprint density at radius 3 is 2.45 bits per heavy atom. The predicted molar refractivity (Wildman–Crippen MR) is 126 cm³/mol. The Kier molecular flexibility index (Phi) is 7.60. The van der Waals surface area contributed by atoms with Gasteiger partial charge in [0.15, 0.2) is 0 Å². The van der Waals surface area contributed by atoms with Crippen molar-refractivity contribution in [3.8, 4) is 5.75 Å². The molecule has 2 fully saturated rings. The number of anilines is 1. The monoisotopic (exact) mass is 453 g/mol. The van der Waals surface area contributed by atoms with Gasteiger partial charge in [0.2, 0.25) is 11.8 Å². The number of piperidine rings is 1. The van der Waals surface area contributed by atoms with Crippen molar-refractivity contribution in [2.45, 2.75) is 38.1 Å². The van der Waals surface area contributed by atoms with Gasteiger partial charge in [0.1, 0.15) is 11.6 Å². The van der Waals surface area contributed by atoms with Gasteiger partial charge in [-0.3, -0.25) is 9.59 Å². The second-order valence-electron chi connectivity index (χ2n) is 8.80. The number of amides is 2. The topological polar surface area (TPSA) is 61.9 Å². The van der Waals surface area contributed by atoms with E-state index in [0.29, 0.717) is 24.4 Å². The maximum absolute atomic E-state index is 13.6. The van der Waals surface area contributed by atoms with E-state index in [2.05, 4.69) is 10.2 Å². The quantitative estimate of drug-likeness (QED) is 0.616. The zero-order chi connectivity index (χ0) is 23.2. The maximum atomic E-state index is 13.6. The molecule has 0 spiro atoms. The molecular weight excluding hydrogens is 421 g/mol. The summed E-state index contributed by atoms with van der Waals surface area (Å²) in [6, 6.07) is 12.8. The van der Waals surface area contributed by atoms with E-state index in [-0.39, 0.29) is 24.1 Å². The van der Waals surface area contributed by atoms with E-state index in [4.69, 9.17) is 4.74 Å². The predicted octanol–water partition coefficient (Wildman–Crippen LogP) is 3.92. The van der Waals surface area contributed by atoms with Crippen LogP contribution in [0.25, 0.3) is 0 Å². The van der Waals surface area contributed by atoms with Crippen LogP contribution in [0.15, 0.2) is 48.5 Å². The Morgan fingerprint density at radius 1 is 1.09 bits per heavy atom. The Bertz CT molecular complexity index is 942. The first-order valence-corrected chi connectivity index (χ1v) is 11.8. The van der Waals surface area contributed by atoms with E-state index in [0.717, 1.165) is 31.6 Å². The molecule has 0 radical (unpaired) electrons. The van der Waals surface area contributed by atoms with E-state index < -0.39 is 12.0 Å². The molecule has 2 saturated heterocycles. The molecule has 2 aromatic carbocycles. The third-order valence-electron chi connectivity index (χ3n) is 6.65. The van der Waals surface area contributed by atoms with Crippen molar-refractivity contribution < 1.29 is 18.7 Å². The molecule has 0 aromatic heterocycles. The van der Waals surface area contributed by atoms with E-state index >= 15 is 0 Å². The lowest BCUT2D eigenvalue weighted by Crippen LogP contribution is -2.48.